The molecule has 0 spiro atoms. The van der Waals surface area contributed by atoms with Crippen LogP contribution >= 0.6 is 0 Å². The second kappa shape index (κ2) is 8.94. The van der Waals surface area contributed by atoms with Crippen LogP contribution in [0.4, 0.5) is 0 Å². The van der Waals surface area contributed by atoms with Crippen molar-refractivity contribution in [2.24, 2.45) is 0 Å². The van der Waals surface area contributed by atoms with Crippen molar-refractivity contribution < 1.29 is 78.1 Å². The Balaban J connectivity index is -0.0000000267. The van der Waals surface area contributed by atoms with E-state index in [1.807, 2.05) is 0 Å². The van der Waals surface area contributed by atoms with E-state index in [0.717, 1.165) is 0 Å². The fourth-order valence-corrected chi connectivity index (χ4v) is 0. The molecule has 0 fully saturated rings. The quantitative estimate of drug-likeness (QED) is 0.416. The molecular formula is AgCuO4SiZn+. The van der Waals surface area contributed by atoms with Gasteiger partial charge in [-0.2, -0.15) is 0 Å². The van der Waals surface area contributed by atoms with Crippen molar-refractivity contribution in [3.63, 3.8) is 0 Å². The minimum Gasteiger partial charge on any atom is -0.894 e. The Morgan fingerprint density at radius 1 is 0.875 bits per heavy atom. The van der Waals surface area contributed by atoms with Gasteiger partial charge in [-0.1, -0.05) is 0 Å². The summed E-state index contributed by atoms with van der Waals surface area (Å²) in [5.41, 5.74) is 0. The van der Waals surface area contributed by atoms with Crippen LogP contribution in [0.3, 0.4) is 0 Å². The van der Waals surface area contributed by atoms with E-state index < -0.39 is 9.05 Å². The zero-order valence-electron chi connectivity index (χ0n) is 3.44. The molecule has 0 bridgehead atoms. The number of hydrogen-bond acceptors (Lipinski definition) is 4. The SMILES string of the molecule is [Ag+].[Cu+2].[O-][Si]([O-])([O-])[O-].[Zn+2]. The van der Waals surface area contributed by atoms with E-state index in [2.05, 4.69) is 0 Å². The zero-order chi connectivity index (χ0) is 4.50. The Morgan fingerprint density at radius 3 is 0.875 bits per heavy atom. The zero-order valence-corrected chi connectivity index (χ0v) is 9.83. The predicted octanol–water partition coefficient (Wildman–Crippen LogP) is -5.14. The first kappa shape index (κ1) is 22.5. The Labute approximate surface area is 86.5 Å². The van der Waals surface area contributed by atoms with E-state index in [-0.39, 0.29) is 58.9 Å². The summed E-state index contributed by atoms with van der Waals surface area (Å²) in [6, 6.07) is 0. The fraction of sp³-hybridized carbons (Fsp3) is 0. The van der Waals surface area contributed by atoms with Crippen molar-refractivity contribution in [3.05, 3.63) is 0 Å². The average Bonchev–Trinajstić information content (AvgIpc) is 0.722. The Bertz CT molecular complexity index is 31.5. The molecule has 4 nitrogen and oxygen atoms in total. The second-order valence-electron chi connectivity index (χ2n) is 0.500. The molecule has 1 radical (unpaired) electrons. The van der Waals surface area contributed by atoms with Gasteiger partial charge in [-0.15, -0.1) is 0 Å². The van der Waals surface area contributed by atoms with Crippen molar-refractivity contribution in [1.29, 1.82) is 0 Å². The van der Waals surface area contributed by atoms with Crippen molar-refractivity contribution in [2.45, 2.75) is 0 Å². The predicted molar refractivity (Wildman–Crippen MR) is 5.75 cm³/mol. The number of hydrogen-bond donors (Lipinski definition) is 0. The van der Waals surface area contributed by atoms with Crippen LogP contribution in [0.25, 0.3) is 0 Å². The van der Waals surface area contributed by atoms with Crippen LogP contribution in [0.15, 0.2) is 0 Å². The summed E-state index contributed by atoms with van der Waals surface area (Å²) in [4.78, 5) is 34.3. The van der Waals surface area contributed by atoms with Gasteiger partial charge in [0.2, 0.25) is 0 Å². The third kappa shape index (κ3) is 102. The molecule has 0 rings (SSSR count). The van der Waals surface area contributed by atoms with Crippen LogP contribution < -0.4 is 19.2 Å². The Morgan fingerprint density at radius 2 is 0.875 bits per heavy atom. The maximum absolute atomic E-state index is 8.58. The van der Waals surface area contributed by atoms with Gasteiger partial charge < -0.3 is 28.2 Å². The molecule has 0 saturated heterocycles. The molecule has 0 aliphatic rings. The van der Waals surface area contributed by atoms with Crippen LogP contribution in [-0.2, 0) is 58.9 Å². The summed E-state index contributed by atoms with van der Waals surface area (Å²) in [5.74, 6) is 0. The minimum absolute atomic E-state index is 0. The van der Waals surface area contributed by atoms with E-state index in [1.54, 1.807) is 0 Å². The van der Waals surface area contributed by atoms with Gasteiger partial charge in [-0.05, 0) is 0 Å². The Kier molecular flexibility index (Phi) is 25.2. The molecule has 51 valence electrons. The molecule has 8 heavy (non-hydrogen) atoms. The summed E-state index contributed by atoms with van der Waals surface area (Å²) in [6.45, 7) is 0. The van der Waals surface area contributed by atoms with E-state index in [0.29, 0.717) is 0 Å². The maximum Gasteiger partial charge on any atom is 2.00 e. The van der Waals surface area contributed by atoms with Gasteiger partial charge in [-0.25, -0.2) is 0 Å². The summed E-state index contributed by atoms with van der Waals surface area (Å²) in [5, 5.41) is 0. The molecule has 0 aromatic rings. The van der Waals surface area contributed by atoms with Crippen LogP contribution in [0.5, 0.6) is 0 Å². The van der Waals surface area contributed by atoms with Crippen LogP contribution in [-0.4, -0.2) is 9.05 Å². The smallest absolute Gasteiger partial charge is 0.894 e. The molecular weight excluding hydrogens is 329 g/mol. The summed E-state index contributed by atoms with van der Waals surface area (Å²) in [7, 11) is -5.61. The first-order chi connectivity index (χ1) is 2.00. The van der Waals surface area contributed by atoms with Gasteiger partial charge in [0.05, 0.1) is 0 Å². The third-order valence-corrected chi connectivity index (χ3v) is 0. The van der Waals surface area contributed by atoms with E-state index in [1.165, 1.54) is 0 Å². The van der Waals surface area contributed by atoms with Crippen LogP contribution in [0.1, 0.15) is 0 Å². The molecule has 0 aromatic heterocycles. The molecule has 0 atom stereocenters. The average molecular weight is 329 g/mol. The van der Waals surface area contributed by atoms with E-state index >= 15 is 0 Å². The summed E-state index contributed by atoms with van der Waals surface area (Å²) < 4.78 is 0. The molecule has 0 aliphatic carbocycles. The van der Waals surface area contributed by atoms with Gasteiger partial charge >= 0.3 is 58.9 Å². The summed E-state index contributed by atoms with van der Waals surface area (Å²) >= 11 is 0. The maximum atomic E-state index is 8.58. The van der Waals surface area contributed by atoms with Gasteiger partial charge in [0.15, 0.2) is 0 Å². The molecule has 0 heterocycles. The van der Waals surface area contributed by atoms with Gasteiger partial charge in [-0.3, -0.25) is 0 Å². The first-order valence-electron chi connectivity index (χ1n) is 0.816. The molecule has 0 unspecified atom stereocenters. The molecule has 0 aromatic carbocycles. The topological polar surface area (TPSA) is 92.2 Å². The van der Waals surface area contributed by atoms with Crippen molar-refractivity contribution in [2.75, 3.05) is 0 Å². The van der Waals surface area contributed by atoms with Gasteiger partial charge in [0.1, 0.15) is 0 Å². The second-order valence-corrected chi connectivity index (χ2v) is 1.50. The molecule has 0 aliphatic heterocycles. The van der Waals surface area contributed by atoms with Crippen LogP contribution in [0, 0.1) is 0 Å². The standard InChI is InChI=1S/Ag.Cu.O4Si.Zn/c;;1-5(2,3)4;/q+1;+2;-4;+2. The van der Waals surface area contributed by atoms with Crippen molar-refractivity contribution in [3.8, 4) is 0 Å². The Hall–Kier alpha value is 1.94. The molecule has 0 saturated carbocycles. The monoisotopic (exact) mass is 326 g/mol. The molecule has 0 amide bonds. The summed E-state index contributed by atoms with van der Waals surface area (Å²) in [6.07, 6.45) is 0. The van der Waals surface area contributed by atoms with Crippen molar-refractivity contribution >= 4 is 9.05 Å². The largest absolute Gasteiger partial charge is 2.00 e. The van der Waals surface area contributed by atoms with Gasteiger partial charge in [0.25, 0.3) is 0 Å². The van der Waals surface area contributed by atoms with Gasteiger partial charge in [0, 0.05) is 0 Å². The van der Waals surface area contributed by atoms with Crippen molar-refractivity contribution in [1.82, 2.24) is 0 Å². The van der Waals surface area contributed by atoms with Crippen LogP contribution in [0.2, 0.25) is 0 Å². The fourth-order valence-electron chi connectivity index (χ4n) is 0. The molecule has 8 heteroatoms. The third-order valence-electron chi connectivity index (χ3n) is 0. The normalized spacial score (nSPS) is 7.50. The van der Waals surface area contributed by atoms with E-state index in [4.69, 9.17) is 19.2 Å². The van der Waals surface area contributed by atoms with E-state index in [9.17, 15) is 0 Å². The number of rotatable bonds is 0. The molecule has 0 N–H and O–H groups in total. The minimum atomic E-state index is -5.61. The first-order valence-corrected chi connectivity index (χ1v) is 2.45.